The predicted octanol–water partition coefficient (Wildman–Crippen LogP) is 4.73. The highest BCUT2D eigenvalue weighted by molar-refractivity contribution is 5.80. The molecule has 3 aromatic rings. The third-order valence-corrected chi connectivity index (χ3v) is 4.15. The van der Waals surface area contributed by atoms with Crippen LogP contribution in [0.2, 0.25) is 0 Å². The number of fused-ring (bicyclic) bond motifs is 1. The number of furan rings is 1. The zero-order valence-electron chi connectivity index (χ0n) is 15.7. The van der Waals surface area contributed by atoms with Gasteiger partial charge in [-0.05, 0) is 43.7 Å². The summed E-state index contributed by atoms with van der Waals surface area (Å²) in [5.74, 6) is 1.58. The van der Waals surface area contributed by atoms with Crippen molar-refractivity contribution in [1.82, 2.24) is 5.32 Å². The third kappa shape index (κ3) is 4.50. The van der Waals surface area contributed by atoms with Gasteiger partial charge in [-0.25, -0.2) is 0 Å². The maximum absolute atomic E-state index is 12.3. The average molecular weight is 365 g/mol. The minimum Gasteiger partial charge on any atom is -0.493 e. The van der Waals surface area contributed by atoms with Crippen molar-refractivity contribution in [2.24, 2.45) is 0 Å². The normalized spacial score (nSPS) is 12.3. The fourth-order valence-electron chi connectivity index (χ4n) is 2.81. The zero-order chi connectivity index (χ0) is 19.2. The fourth-order valence-corrected chi connectivity index (χ4v) is 2.81. The van der Waals surface area contributed by atoms with E-state index in [-0.39, 0.29) is 18.6 Å². The highest BCUT2D eigenvalue weighted by atomic mass is 16.5. The van der Waals surface area contributed by atoms with Crippen LogP contribution >= 0.6 is 0 Å². The minimum atomic E-state index is -0.257. The van der Waals surface area contributed by atoms with Crippen molar-refractivity contribution in [3.8, 4) is 11.5 Å². The Kier molecular flexibility index (Phi) is 5.81. The SMILES string of the molecule is C/C=C/c1ccc(OCC(=O)N[C@@H](C)c2cc3ccccc3o2)c(OC)c1. The molecule has 5 nitrogen and oxygen atoms in total. The van der Waals surface area contributed by atoms with Gasteiger partial charge in [0.1, 0.15) is 11.3 Å². The lowest BCUT2D eigenvalue weighted by Crippen LogP contribution is -2.31. The second-order valence-corrected chi connectivity index (χ2v) is 6.17. The van der Waals surface area contributed by atoms with E-state index < -0.39 is 0 Å². The molecule has 1 atom stereocenters. The second-order valence-electron chi connectivity index (χ2n) is 6.17. The van der Waals surface area contributed by atoms with Crippen LogP contribution < -0.4 is 14.8 Å². The fraction of sp³-hybridized carbons (Fsp3) is 0.227. The van der Waals surface area contributed by atoms with Gasteiger partial charge in [-0.3, -0.25) is 4.79 Å². The Labute approximate surface area is 158 Å². The summed E-state index contributed by atoms with van der Waals surface area (Å²) in [4.78, 5) is 12.3. The number of hydrogen-bond donors (Lipinski definition) is 1. The van der Waals surface area contributed by atoms with Gasteiger partial charge in [0, 0.05) is 5.39 Å². The van der Waals surface area contributed by atoms with Crippen molar-refractivity contribution in [2.75, 3.05) is 13.7 Å². The van der Waals surface area contributed by atoms with Crippen molar-refractivity contribution in [1.29, 1.82) is 0 Å². The molecule has 1 heterocycles. The van der Waals surface area contributed by atoms with Gasteiger partial charge < -0.3 is 19.2 Å². The lowest BCUT2D eigenvalue weighted by atomic mass is 10.2. The quantitative estimate of drug-likeness (QED) is 0.657. The third-order valence-electron chi connectivity index (χ3n) is 4.15. The van der Waals surface area contributed by atoms with Gasteiger partial charge in [0.25, 0.3) is 5.91 Å². The summed E-state index contributed by atoms with van der Waals surface area (Å²) in [6, 6.07) is 15.0. The summed E-state index contributed by atoms with van der Waals surface area (Å²) in [6.07, 6.45) is 3.91. The number of amides is 1. The number of hydrogen-bond acceptors (Lipinski definition) is 4. The Morgan fingerprint density at radius 3 is 2.74 bits per heavy atom. The Morgan fingerprint density at radius 2 is 2.00 bits per heavy atom. The van der Waals surface area contributed by atoms with E-state index in [2.05, 4.69) is 5.32 Å². The van der Waals surface area contributed by atoms with Crippen LogP contribution in [0.25, 0.3) is 17.0 Å². The number of ether oxygens (including phenoxy) is 2. The molecule has 0 spiro atoms. The first-order valence-electron chi connectivity index (χ1n) is 8.82. The molecular formula is C22H23NO4. The highest BCUT2D eigenvalue weighted by Gasteiger charge is 2.15. The number of benzene rings is 2. The molecule has 0 unspecified atom stereocenters. The smallest absolute Gasteiger partial charge is 0.258 e. The summed E-state index contributed by atoms with van der Waals surface area (Å²) in [6.45, 7) is 3.72. The van der Waals surface area contributed by atoms with Crippen molar-refractivity contribution >= 4 is 23.0 Å². The molecule has 5 heteroatoms. The Bertz CT molecular complexity index is 925. The number of methoxy groups -OCH3 is 1. The monoisotopic (exact) mass is 365 g/mol. The van der Waals surface area contributed by atoms with E-state index in [1.165, 1.54) is 0 Å². The van der Waals surface area contributed by atoms with E-state index in [0.717, 1.165) is 16.5 Å². The van der Waals surface area contributed by atoms with Crippen LogP contribution in [0.1, 0.15) is 31.2 Å². The van der Waals surface area contributed by atoms with E-state index in [1.54, 1.807) is 13.2 Å². The summed E-state index contributed by atoms with van der Waals surface area (Å²) < 4.78 is 16.8. The molecular weight excluding hydrogens is 342 g/mol. The Balaban J connectivity index is 1.60. The average Bonchev–Trinajstić information content (AvgIpc) is 3.11. The minimum absolute atomic E-state index is 0.107. The van der Waals surface area contributed by atoms with Crippen molar-refractivity contribution < 1.29 is 18.7 Å². The highest BCUT2D eigenvalue weighted by Crippen LogP contribution is 2.28. The topological polar surface area (TPSA) is 60.7 Å². The molecule has 2 aromatic carbocycles. The van der Waals surface area contributed by atoms with Gasteiger partial charge in [-0.1, -0.05) is 36.4 Å². The molecule has 27 heavy (non-hydrogen) atoms. The molecule has 0 aliphatic heterocycles. The molecule has 0 saturated heterocycles. The first-order chi connectivity index (χ1) is 13.1. The van der Waals surface area contributed by atoms with Crippen LogP contribution in [0.4, 0.5) is 0 Å². The van der Waals surface area contributed by atoms with Crippen LogP contribution in [-0.4, -0.2) is 19.6 Å². The molecule has 1 N–H and O–H groups in total. The predicted molar refractivity (Wildman–Crippen MR) is 106 cm³/mol. The van der Waals surface area contributed by atoms with Gasteiger partial charge in [-0.2, -0.15) is 0 Å². The largest absolute Gasteiger partial charge is 0.493 e. The van der Waals surface area contributed by atoms with E-state index in [1.807, 2.05) is 68.5 Å². The van der Waals surface area contributed by atoms with Gasteiger partial charge >= 0.3 is 0 Å². The number of carbonyl (C=O) groups excluding carboxylic acids is 1. The number of carbonyl (C=O) groups is 1. The molecule has 1 aromatic heterocycles. The molecule has 3 rings (SSSR count). The number of para-hydroxylation sites is 1. The lowest BCUT2D eigenvalue weighted by Gasteiger charge is -2.14. The van der Waals surface area contributed by atoms with Crippen LogP contribution in [0.5, 0.6) is 11.5 Å². The maximum atomic E-state index is 12.3. The maximum Gasteiger partial charge on any atom is 0.258 e. The lowest BCUT2D eigenvalue weighted by molar-refractivity contribution is -0.123. The van der Waals surface area contributed by atoms with Gasteiger partial charge in [0.05, 0.1) is 13.2 Å². The van der Waals surface area contributed by atoms with Gasteiger partial charge in [0.2, 0.25) is 0 Å². The van der Waals surface area contributed by atoms with Crippen LogP contribution in [0.3, 0.4) is 0 Å². The van der Waals surface area contributed by atoms with Crippen molar-refractivity contribution in [3.63, 3.8) is 0 Å². The summed E-state index contributed by atoms with van der Waals surface area (Å²) in [5.41, 5.74) is 1.81. The summed E-state index contributed by atoms with van der Waals surface area (Å²) in [5, 5.41) is 3.90. The molecule has 0 saturated carbocycles. The van der Waals surface area contributed by atoms with Gasteiger partial charge in [0.15, 0.2) is 18.1 Å². The molecule has 140 valence electrons. The van der Waals surface area contributed by atoms with E-state index in [4.69, 9.17) is 13.9 Å². The molecule has 0 aliphatic carbocycles. The van der Waals surface area contributed by atoms with Gasteiger partial charge in [-0.15, -0.1) is 0 Å². The van der Waals surface area contributed by atoms with E-state index >= 15 is 0 Å². The number of rotatable bonds is 7. The van der Waals surface area contributed by atoms with Crippen LogP contribution in [-0.2, 0) is 4.79 Å². The zero-order valence-corrected chi connectivity index (χ0v) is 15.7. The number of allylic oxidation sites excluding steroid dienone is 1. The first-order valence-corrected chi connectivity index (χ1v) is 8.82. The Hall–Kier alpha value is -3.21. The standard InChI is InChI=1S/C22H23NO4/c1-4-7-16-10-11-19(21(12-16)25-3)26-14-22(24)23-15(2)20-13-17-8-5-6-9-18(17)27-20/h4-13,15H,14H2,1-3H3,(H,23,24)/b7-4+/t15-/m0/s1. The first kappa shape index (κ1) is 18.6. The Morgan fingerprint density at radius 1 is 1.19 bits per heavy atom. The van der Waals surface area contributed by atoms with Crippen LogP contribution in [0.15, 0.2) is 59.0 Å². The van der Waals surface area contributed by atoms with Crippen molar-refractivity contribution in [2.45, 2.75) is 19.9 Å². The summed E-state index contributed by atoms with van der Waals surface area (Å²) in [7, 11) is 1.57. The molecule has 0 radical (unpaired) electrons. The van der Waals surface area contributed by atoms with Crippen LogP contribution in [0, 0.1) is 0 Å². The second kappa shape index (κ2) is 8.45. The summed E-state index contributed by atoms with van der Waals surface area (Å²) >= 11 is 0. The molecule has 0 bridgehead atoms. The van der Waals surface area contributed by atoms with E-state index in [9.17, 15) is 4.79 Å². The molecule has 0 aliphatic rings. The molecule has 1 amide bonds. The van der Waals surface area contributed by atoms with E-state index in [0.29, 0.717) is 17.3 Å². The molecule has 0 fully saturated rings. The van der Waals surface area contributed by atoms with Crippen molar-refractivity contribution in [3.05, 3.63) is 65.9 Å². The number of nitrogens with one attached hydrogen (secondary N) is 1.